The zero-order valence-corrected chi connectivity index (χ0v) is 18.5. The number of fused-ring (bicyclic) bond motifs is 1. The van der Waals surface area contributed by atoms with Crippen molar-refractivity contribution < 1.29 is 14.3 Å². The number of thioether (sulfide) groups is 1. The van der Waals surface area contributed by atoms with E-state index in [9.17, 15) is 9.59 Å². The van der Waals surface area contributed by atoms with Crippen molar-refractivity contribution in [1.82, 2.24) is 4.90 Å². The summed E-state index contributed by atoms with van der Waals surface area (Å²) >= 11 is 6.54. The molecule has 0 saturated carbocycles. The first-order chi connectivity index (χ1) is 15.0. The molecule has 2 amide bonds. The quantitative estimate of drug-likeness (QED) is 0.421. The normalized spacial score (nSPS) is 15.0. The van der Waals surface area contributed by atoms with E-state index in [1.807, 2.05) is 73.7 Å². The van der Waals surface area contributed by atoms with Crippen molar-refractivity contribution in [1.29, 1.82) is 0 Å². The first-order valence-electron chi connectivity index (χ1n) is 9.80. The molecule has 0 atom stereocenters. The summed E-state index contributed by atoms with van der Waals surface area (Å²) in [6.07, 6.45) is 1.77. The van der Waals surface area contributed by atoms with Crippen LogP contribution in [0.25, 0.3) is 16.8 Å². The Morgan fingerprint density at radius 2 is 1.84 bits per heavy atom. The van der Waals surface area contributed by atoms with Crippen LogP contribution in [0.15, 0.2) is 71.6 Å². The van der Waals surface area contributed by atoms with Gasteiger partial charge in [-0.1, -0.05) is 66.4 Å². The van der Waals surface area contributed by atoms with E-state index >= 15 is 0 Å². The fourth-order valence-corrected chi connectivity index (χ4v) is 4.48. The van der Waals surface area contributed by atoms with Crippen LogP contribution in [0.2, 0.25) is 0 Å². The fourth-order valence-electron chi connectivity index (χ4n) is 3.23. The number of hydrogen-bond donors (Lipinski definition) is 1. The van der Waals surface area contributed by atoms with Crippen LogP contribution in [0.4, 0.5) is 5.69 Å². The van der Waals surface area contributed by atoms with E-state index in [1.54, 1.807) is 6.08 Å². The highest BCUT2D eigenvalue weighted by atomic mass is 32.2. The standard InChI is InChI=1S/C24H20N2O3S2/c1-2-29-20-11-7-16(8-12-20)13-21-23(28)26(24(30)31-21)15-22(27)25-19-10-9-17-5-3-4-6-18(17)14-19/h3-14H,2,15H2,1H3,(H,25,27)/b21-13-. The molecule has 0 radical (unpaired) electrons. The van der Waals surface area contributed by atoms with Crippen LogP contribution in [-0.2, 0) is 9.59 Å². The first kappa shape index (κ1) is 21.1. The number of ether oxygens (including phenoxy) is 1. The molecular formula is C24H20N2O3S2. The Balaban J connectivity index is 1.42. The molecule has 0 bridgehead atoms. The van der Waals surface area contributed by atoms with Crippen LogP contribution in [-0.4, -0.2) is 34.2 Å². The summed E-state index contributed by atoms with van der Waals surface area (Å²) in [6.45, 7) is 2.40. The van der Waals surface area contributed by atoms with Crippen molar-refractivity contribution in [2.45, 2.75) is 6.92 Å². The summed E-state index contributed by atoms with van der Waals surface area (Å²) in [4.78, 5) is 27.2. The monoisotopic (exact) mass is 448 g/mol. The molecule has 1 heterocycles. The van der Waals surface area contributed by atoms with Gasteiger partial charge in [-0.05, 0) is 53.6 Å². The Kier molecular flexibility index (Phi) is 6.34. The Morgan fingerprint density at radius 3 is 2.58 bits per heavy atom. The Hall–Kier alpha value is -3.16. The largest absolute Gasteiger partial charge is 0.494 e. The number of amides is 2. The van der Waals surface area contributed by atoms with Crippen molar-refractivity contribution in [3.05, 3.63) is 77.2 Å². The van der Waals surface area contributed by atoms with Gasteiger partial charge in [0.2, 0.25) is 5.91 Å². The van der Waals surface area contributed by atoms with E-state index in [0.717, 1.165) is 22.1 Å². The first-order valence-corrected chi connectivity index (χ1v) is 11.0. The Morgan fingerprint density at radius 1 is 1.10 bits per heavy atom. The maximum atomic E-state index is 12.8. The smallest absolute Gasteiger partial charge is 0.266 e. The summed E-state index contributed by atoms with van der Waals surface area (Å²) in [5.41, 5.74) is 1.55. The van der Waals surface area contributed by atoms with Crippen molar-refractivity contribution >= 4 is 62.7 Å². The molecule has 31 heavy (non-hydrogen) atoms. The van der Waals surface area contributed by atoms with Crippen molar-refractivity contribution in [2.75, 3.05) is 18.5 Å². The van der Waals surface area contributed by atoms with Gasteiger partial charge in [-0.25, -0.2) is 0 Å². The number of anilines is 1. The van der Waals surface area contributed by atoms with E-state index in [1.165, 1.54) is 16.7 Å². The van der Waals surface area contributed by atoms with Crippen molar-refractivity contribution in [3.63, 3.8) is 0 Å². The van der Waals surface area contributed by atoms with E-state index in [0.29, 0.717) is 21.5 Å². The number of thiocarbonyl (C=S) groups is 1. The van der Waals surface area contributed by atoms with Crippen LogP contribution in [0, 0.1) is 0 Å². The van der Waals surface area contributed by atoms with Gasteiger partial charge >= 0.3 is 0 Å². The molecule has 1 aliphatic rings. The molecule has 0 spiro atoms. The van der Waals surface area contributed by atoms with Crippen LogP contribution in [0.3, 0.4) is 0 Å². The minimum Gasteiger partial charge on any atom is -0.494 e. The average Bonchev–Trinajstić information content (AvgIpc) is 3.02. The molecule has 7 heteroatoms. The van der Waals surface area contributed by atoms with E-state index in [2.05, 4.69) is 5.32 Å². The highest BCUT2D eigenvalue weighted by Crippen LogP contribution is 2.32. The third kappa shape index (κ3) is 4.95. The molecule has 156 valence electrons. The number of carbonyl (C=O) groups is 2. The van der Waals surface area contributed by atoms with Gasteiger partial charge in [0.15, 0.2) is 0 Å². The van der Waals surface area contributed by atoms with Gasteiger partial charge in [0.05, 0.1) is 11.5 Å². The van der Waals surface area contributed by atoms with Gasteiger partial charge in [0, 0.05) is 5.69 Å². The van der Waals surface area contributed by atoms with Gasteiger partial charge in [-0.2, -0.15) is 0 Å². The number of hydrogen-bond acceptors (Lipinski definition) is 5. The van der Waals surface area contributed by atoms with Crippen LogP contribution in [0.1, 0.15) is 12.5 Å². The highest BCUT2D eigenvalue weighted by Gasteiger charge is 2.33. The molecule has 3 aromatic carbocycles. The number of benzene rings is 3. The summed E-state index contributed by atoms with van der Waals surface area (Å²) in [7, 11) is 0. The van der Waals surface area contributed by atoms with E-state index in [4.69, 9.17) is 17.0 Å². The summed E-state index contributed by atoms with van der Waals surface area (Å²) in [6, 6.07) is 21.1. The maximum Gasteiger partial charge on any atom is 0.266 e. The molecule has 1 saturated heterocycles. The lowest BCUT2D eigenvalue weighted by atomic mass is 10.1. The van der Waals surface area contributed by atoms with Crippen LogP contribution < -0.4 is 10.1 Å². The molecule has 1 fully saturated rings. The highest BCUT2D eigenvalue weighted by molar-refractivity contribution is 8.26. The number of nitrogens with one attached hydrogen (secondary N) is 1. The second kappa shape index (κ2) is 9.32. The molecule has 1 N–H and O–H groups in total. The van der Waals surface area contributed by atoms with E-state index in [-0.39, 0.29) is 18.4 Å². The molecule has 0 unspecified atom stereocenters. The second-order valence-electron chi connectivity index (χ2n) is 6.88. The lowest BCUT2D eigenvalue weighted by molar-refractivity contribution is -0.126. The Labute approximate surface area is 190 Å². The molecule has 1 aliphatic heterocycles. The van der Waals surface area contributed by atoms with Gasteiger partial charge < -0.3 is 10.1 Å². The number of nitrogens with zero attached hydrogens (tertiary/aromatic N) is 1. The molecule has 0 aromatic heterocycles. The maximum absolute atomic E-state index is 12.8. The lowest BCUT2D eigenvalue weighted by Crippen LogP contribution is -2.36. The predicted molar refractivity (Wildman–Crippen MR) is 130 cm³/mol. The zero-order valence-electron chi connectivity index (χ0n) is 16.8. The van der Waals surface area contributed by atoms with Crippen molar-refractivity contribution in [2.24, 2.45) is 0 Å². The van der Waals surface area contributed by atoms with Gasteiger partial charge in [0.25, 0.3) is 5.91 Å². The molecule has 4 rings (SSSR count). The van der Waals surface area contributed by atoms with Gasteiger partial charge in [-0.15, -0.1) is 0 Å². The van der Waals surface area contributed by atoms with E-state index < -0.39 is 0 Å². The summed E-state index contributed by atoms with van der Waals surface area (Å²) < 4.78 is 5.81. The predicted octanol–water partition coefficient (Wildman–Crippen LogP) is 5.08. The molecule has 3 aromatic rings. The summed E-state index contributed by atoms with van der Waals surface area (Å²) in [5.74, 6) is 0.212. The minimum atomic E-state index is -0.297. The molecule has 5 nitrogen and oxygen atoms in total. The third-order valence-corrected chi connectivity index (χ3v) is 6.08. The molecule has 0 aliphatic carbocycles. The number of carbonyl (C=O) groups excluding carboxylic acids is 2. The SMILES string of the molecule is CCOc1ccc(/C=C2\SC(=S)N(CC(=O)Nc3ccc4ccccc4c3)C2=O)cc1. The van der Waals surface area contributed by atoms with Crippen LogP contribution in [0.5, 0.6) is 5.75 Å². The third-order valence-electron chi connectivity index (χ3n) is 4.70. The Bertz CT molecular complexity index is 1190. The van der Waals surface area contributed by atoms with Crippen molar-refractivity contribution in [3.8, 4) is 5.75 Å². The topological polar surface area (TPSA) is 58.6 Å². The number of rotatable bonds is 6. The fraction of sp³-hybridized carbons (Fsp3) is 0.125. The molecular weight excluding hydrogens is 428 g/mol. The second-order valence-corrected chi connectivity index (χ2v) is 8.56. The van der Waals surface area contributed by atoms with Gasteiger partial charge in [0.1, 0.15) is 16.6 Å². The summed E-state index contributed by atoms with van der Waals surface area (Å²) in [5, 5.41) is 4.98. The zero-order chi connectivity index (χ0) is 21.8. The van der Waals surface area contributed by atoms with Gasteiger partial charge in [-0.3, -0.25) is 14.5 Å². The van der Waals surface area contributed by atoms with Crippen LogP contribution >= 0.6 is 24.0 Å². The average molecular weight is 449 g/mol. The lowest BCUT2D eigenvalue weighted by Gasteiger charge is -2.14. The minimum absolute atomic E-state index is 0.127.